The Bertz CT molecular complexity index is 1450. The largest absolute Gasteiger partial charge is 0.756 e. The molecule has 0 aromatic heterocycles. The lowest BCUT2D eigenvalue weighted by Crippen LogP contribution is -2.47. The van der Waals surface area contributed by atoms with Crippen LogP contribution in [0.1, 0.15) is 284 Å². The maximum atomic E-state index is 13.5. The van der Waals surface area contributed by atoms with Crippen LogP contribution in [0.2, 0.25) is 0 Å². The van der Waals surface area contributed by atoms with Crippen LogP contribution in [-0.2, 0) is 27.9 Å². The van der Waals surface area contributed by atoms with E-state index < -0.39 is 26.6 Å². The lowest BCUT2D eigenvalue weighted by Gasteiger charge is -2.30. The zero-order valence-electron chi connectivity index (χ0n) is 49.3. The summed E-state index contributed by atoms with van der Waals surface area (Å²) in [6.07, 6.45) is 67.5. The fourth-order valence-electron chi connectivity index (χ4n) is 8.86. The Morgan fingerprint density at radius 1 is 0.473 bits per heavy atom. The molecule has 0 aromatic carbocycles. The molecule has 432 valence electrons. The minimum absolute atomic E-state index is 0.0248. The van der Waals surface area contributed by atoms with Crippen molar-refractivity contribution >= 4 is 19.7 Å². The van der Waals surface area contributed by atoms with E-state index in [9.17, 15) is 19.0 Å². The molecule has 74 heavy (non-hydrogen) atoms. The first-order valence-electron chi connectivity index (χ1n) is 31.1. The summed E-state index contributed by atoms with van der Waals surface area (Å²) in [7, 11) is 1.18. The van der Waals surface area contributed by atoms with Gasteiger partial charge in [-0.15, -0.1) is 0 Å². The van der Waals surface area contributed by atoms with Gasteiger partial charge < -0.3 is 28.5 Å². The van der Waals surface area contributed by atoms with E-state index >= 15 is 0 Å². The number of unbranched alkanes of at least 4 members (excludes halogenated alkanes) is 32. The average molecular weight is 1060 g/mol. The number of carbonyl (C=O) groups is 2. The van der Waals surface area contributed by atoms with E-state index in [2.05, 4.69) is 74.7 Å². The first-order chi connectivity index (χ1) is 35.9. The third-order valence-corrected chi connectivity index (χ3v) is 14.7. The maximum absolute atomic E-state index is 13.5. The second-order valence-corrected chi connectivity index (χ2v) is 23.6. The molecule has 0 aliphatic carbocycles. The predicted molar refractivity (Wildman–Crippen MR) is 316 cm³/mol. The zero-order valence-corrected chi connectivity index (χ0v) is 50.2. The van der Waals surface area contributed by atoms with E-state index in [0.717, 1.165) is 89.9 Å². The molecule has 3 atom stereocenters. The molecule has 0 aliphatic rings. The van der Waals surface area contributed by atoms with Crippen molar-refractivity contribution in [1.82, 2.24) is 5.32 Å². The van der Waals surface area contributed by atoms with Gasteiger partial charge in [-0.25, -0.2) is 0 Å². The topological polar surface area (TPSA) is 114 Å². The van der Waals surface area contributed by atoms with Gasteiger partial charge in [0.05, 0.1) is 33.8 Å². The van der Waals surface area contributed by atoms with Crippen molar-refractivity contribution in [1.29, 1.82) is 0 Å². The van der Waals surface area contributed by atoms with Crippen molar-refractivity contribution in [2.75, 3.05) is 40.9 Å². The fourth-order valence-corrected chi connectivity index (χ4v) is 9.58. The highest BCUT2D eigenvalue weighted by atomic mass is 31.2. The molecule has 0 heterocycles. The number of allylic oxidation sites excluding steroid dienone is 9. The maximum Gasteiger partial charge on any atom is 0.306 e. The molecule has 9 nitrogen and oxygen atoms in total. The number of hydrogen-bond acceptors (Lipinski definition) is 7. The van der Waals surface area contributed by atoms with Crippen molar-refractivity contribution < 1.29 is 37.3 Å². The van der Waals surface area contributed by atoms with E-state index in [4.69, 9.17) is 13.8 Å². The molecule has 0 aliphatic heterocycles. The minimum atomic E-state index is -4.70. The summed E-state index contributed by atoms with van der Waals surface area (Å²) >= 11 is 0. The molecular weight excluding hydrogens is 940 g/mol. The average Bonchev–Trinajstić information content (AvgIpc) is 3.36. The summed E-state index contributed by atoms with van der Waals surface area (Å²) in [4.78, 5) is 39.9. The monoisotopic (exact) mass is 1060 g/mol. The molecule has 3 unspecified atom stereocenters. The molecule has 0 bridgehead atoms. The Morgan fingerprint density at radius 3 is 1.26 bits per heavy atom. The quantitative estimate of drug-likeness (QED) is 0.0212. The number of carbonyl (C=O) groups excluding carboxylic acids is 2. The number of likely N-dealkylation sites (N-methyl/N-ethyl adjacent to an activating group) is 1. The molecule has 0 saturated heterocycles. The Morgan fingerprint density at radius 2 is 0.824 bits per heavy atom. The third kappa shape index (κ3) is 54.5. The SMILES string of the molecule is CCCCC/C=C\C/C=C\C/C=C\C/C=C\CCCCCCCCCC(=O)NC(COP(=O)([O-])OCC[N+](C)(C)C)C(/C=C\CCCCCCCCCCCC)OC(=O)CCCCCCCCCCCCCCC. The summed E-state index contributed by atoms with van der Waals surface area (Å²) in [5.41, 5.74) is 0. The number of nitrogens with one attached hydrogen (secondary N) is 1. The molecule has 1 N–H and O–H groups in total. The number of ether oxygens (including phenoxy) is 1. The normalized spacial score (nSPS) is 14.1. The van der Waals surface area contributed by atoms with Crippen molar-refractivity contribution in [3.63, 3.8) is 0 Å². The first kappa shape index (κ1) is 71.7. The van der Waals surface area contributed by atoms with Crippen LogP contribution in [-0.4, -0.2) is 69.4 Å². The number of nitrogens with zero attached hydrogens (tertiary/aromatic N) is 1. The summed E-state index contributed by atoms with van der Waals surface area (Å²) in [5, 5.41) is 3.02. The number of amides is 1. The van der Waals surface area contributed by atoms with Crippen LogP contribution in [0, 0.1) is 0 Å². The molecule has 1 amide bonds. The summed E-state index contributed by atoms with van der Waals surface area (Å²) < 4.78 is 30.3. The number of phosphoric ester groups is 1. The van der Waals surface area contributed by atoms with Gasteiger partial charge in [0.2, 0.25) is 5.91 Å². The van der Waals surface area contributed by atoms with Crippen molar-refractivity contribution in [2.45, 2.75) is 296 Å². The van der Waals surface area contributed by atoms with Crippen LogP contribution in [0.25, 0.3) is 0 Å². The lowest BCUT2D eigenvalue weighted by molar-refractivity contribution is -0.870. The van der Waals surface area contributed by atoms with Crippen LogP contribution < -0.4 is 10.2 Å². The zero-order chi connectivity index (χ0) is 54.3. The van der Waals surface area contributed by atoms with E-state index in [0.29, 0.717) is 17.4 Å². The first-order valence-corrected chi connectivity index (χ1v) is 32.6. The molecule has 0 spiro atoms. The van der Waals surface area contributed by atoms with Gasteiger partial charge in [0, 0.05) is 12.8 Å². The summed E-state index contributed by atoms with van der Waals surface area (Å²) in [6, 6.07) is -0.893. The van der Waals surface area contributed by atoms with Gasteiger partial charge in [-0.3, -0.25) is 14.2 Å². The predicted octanol–water partition coefficient (Wildman–Crippen LogP) is 18.4. The van der Waals surface area contributed by atoms with Crippen LogP contribution >= 0.6 is 7.82 Å². The van der Waals surface area contributed by atoms with Gasteiger partial charge >= 0.3 is 5.97 Å². The van der Waals surface area contributed by atoms with Crippen LogP contribution in [0.5, 0.6) is 0 Å². The molecule has 0 fully saturated rings. The highest BCUT2D eigenvalue weighted by Gasteiger charge is 2.27. The number of quaternary nitrogens is 1. The molecule has 10 heteroatoms. The Balaban J connectivity index is 5.21. The highest BCUT2D eigenvalue weighted by molar-refractivity contribution is 7.45. The second kappa shape index (κ2) is 54.1. The number of phosphoric acid groups is 1. The molecule has 0 rings (SSSR count). The van der Waals surface area contributed by atoms with Crippen molar-refractivity contribution in [3.05, 3.63) is 60.8 Å². The highest BCUT2D eigenvalue weighted by Crippen LogP contribution is 2.38. The Hall–Kier alpha value is -2.29. The number of rotatable bonds is 56. The van der Waals surface area contributed by atoms with Crippen molar-refractivity contribution in [2.24, 2.45) is 0 Å². The van der Waals surface area contributed by atoms with Gasteiger partial charge in [-0.05, 0) is 76.7 Å². The molecule has 0 aromatic rings. The summed E-state index contributed by atoms with van der Waals surface area (Å²) in [6.45, 7) is 6.82. The summed E-state index contributed by atoms with van der Waals surface area (Å²) in [5.74, 6) is -0.547. The smallest absolute Gasteiger partial charge is 0.306 e. The van der Waals surface area contributed by atoms with Gasteiger partial charge in [-0.1, -0.05) is 255 Å². The number of esters is 1. The van der Waals surface area contributed by atoms with Gasteiger partial charge in [0.25, 0.3) is 7.82 Å². The second-order valence-electron chi connectivity index (χ2n) is 22.2. The van der Waals surface area contributed by atoms with Crippen LogP contribution in [0.4, 0.5) is 0 Å². The van der Waals surface area contributed by atoms with E-state index in [-0.39, 0.29) is 24.9 Å². The van der Waals surface area contributed by atoms with E-state index in [1.54, 1.807) is 0 Å². The van der Waals surface area contributed by atoms with Crippen molar-refractivity contribution in [3.8, 4) is 0 Å². The van der Waals surface area contributed by atoms with E-state index in [1.807, 2.05) is 33.3 Å². The van der Waals surface area contributed by atoms with E-state index in [1.165, 1.54) is 161 Å². The lowest BCUT2D eigenvalue weighted by atomic mass is 10.0. The van der Waals surface area contributed by atoms with Gasteiger partial charge in [0.15, 0.2) is 0 Å². The fraction of sp³-hybridized carbons (Fsp3) is 0.812. The Labute approximate surface area is 458 Å². The standard InChI is InChI=1S/C64H119N2O7P/c1-7-10-13-16-19-22-25-28-29-30-31-32-33-34-35-36-37-39-41-44-47-50-53-56-63(67)65-61(60-72-74(69,70)71-59-58-66(4,5)6)62(55-52-49-46-43-40-27-24-21-18-15-12-9-3)73-64(68)57-54-51-48-45-42-38-26-23-20-17-14-11-8-2/h19,22,28-29,31-32,34-35,52,55,61-62H,7-18,20-21,23-27,30,33,36-51,53-54,56-60H2,1-6H3,(H-,65,67,69,70)/b22-19-,29-28-,32-31-,35-34-,55-52-. The third-order valence-electron chi connectivity index (χ3n) is 13.7. The van der Waals surface area contributed by atoms with Crippen LogP contribution in [0.15, 0.2) is 60.8 Å². The van der Waals surface area contributed by atoms with Gasteiger partial charge in [0.1, 0.15) is 19.3 Å². The van der Waals surface area contributed by atoms with Gasteiger partial charge in [-0.2, -0.15) is 0 Å². The molecular formula is C64H119N2O7P. The number of hydrogen-bond donors (Lipinski definition) is 1. The van der Waals surface area contributed by atoms with Crippen LogP contribution in [0.3, 0.4) is 0 Å². The molecule has 0 saturated carbocycles. The Kier molecular flexibility index (Phi) is 52.4. The minimum Gasteiger partial charge on any atom is -0.756 e. The molecule has 0 radical (unpaired) electrons.